The van der Waals surface area contributed by atoms with Gasteiger partial charge < -0.3 is 10.2 Å². The standard InChI is InChI=1S/C26H24F2N5/c1-18-9-20(22-13-25(28)26(30-14-22)32-7-5-29-6-8-32)12-21(10-18)23-15-31-33(17-23)16-19-3-2-4-24(27)11-19/h2-4,9,11-15,17,29H,5-8,16H2,1H3. The van der Waals surface area contributed by atoms with Crippen LogP contribution in [-0.4, -0.2) is 40.9 Å². The Kier molecular flexibility index (Phi) is 5.88. The summed E-state index contributed by atoms with van der Waals surface area (Å²) >= 11 is 0. The molecule has 0 atom stereocenters. The van der Waals surface area contributed by atoms with Gasteiger partial charge in [-0.1, -0.05) is 18.2 Å². The largest absolute Gasteiger partial charge is 0.352 e. The molecule has 0 amide bonds. The van der Waals surface area contributed by atoms with Gasteiger partial charge in [-0.15, -0.1) is 0 Å². The first kappa shape index (κ1) is 21.3. The second-order valence-corrected chi connectivity index (χ2v) is 8.29. The Hall–Kier alpha value is -3.58. The smallest absolute Gasteiger partial charge is 0.166 e. The summed E-state index contributed by atoms with van der Waals surface area (Å²) < 4.78 is 30.2. The summed E-state index contributed by atoms with van der Waals surface area (Å²) in [5.41, 5.74) is 5.12. The molecule has 1 aliphatic rings. The number of benzene rings is 2. The van der Waals surface area contributed by atoms with Crippen molar-refractivity contribution in [3.63, 3.8) is 0 Å². The lowest BCUT2D eigenvalue weighted by Crippen LogP contribution is -2.44. The summed E-state index contributed by atoms with van der Waals surface area (Å²) in [6.07, 6.45) is 5.40. The predicted octanol–water partition coefficient (Wildman–Crippen LogP) is 4.46. The molecule has 0 saturated carbocycles. The van der Waals surface area contributed by atoms with Crippen LogP contribution >= 0.6 is 0 Å². The number of pyridine rings is 1. The zero-order valence-corrected chi connectivity index (χ0v) is 18.4. The molecule has 0 spiro atoms. The highest BCUT2D eigenvalue weighted by Gasteiger charge is 2.17. The molecule has 1 fully saturated rings. The van der Waals surface area contributed by atoms with Gasteiger partial charge in [-0.05, 0) is 59.5 Å². The van der Waals surface area contributed by atoms with Crippen LogP contribution in [0.15, 0.2) is 61.1 Å². The molecule has 0 aliphatic carbocycles. The van der Waals surface area contributed by atoms with Crippen molar-refractivity contribution < 1.29 is 8.78 Å². The zero-order chi connectivity index (χ0) is 22.8. The van der Waals surface area contributed by atoms with Gasteiger partial charge in [-0.3, -0.25) is 4.68 Å². The van der Waals surface area contributed by atoms with Gasteiger partial charge in [0.2, 0.25) is 0 Å². The van der Waals surface area contributed by atoms with E-state index in [4.69, 9.17) is 0 Å². The average Bonchev–Trinajstić information content (AvgIpc) is 3.28. The molecular formula is C26H24F2N5. The minimum atomic E-state index is -0.315. The molecule has 1 saturated heterocycles. The van der Waals surface area contributed by atoms with E-state index in [1.165, 1.54) is 12.1 Å². The van der Waals surface area contributed by atoms with Gasteiger partial charge in [0.25, 0.3) is 0 Å². The fraction of sp³-hybridized carbons (Fsp3) is 0.231. The van der Waals surface area contributed by atoms with E-state index in [0.717, 1.165) is 59.6 Å². The molecule has 1 radical (unpaired) electrons. The van der Waals surface area contributed by atoms with E-state index in [1.807, 2.05) is 36.2 Å². The van der Waals surface area contributed by atoms with Crippen LogP contribution in [0.4, 0.5) is 14.6 Å². The molecule has 2 aromatic heterocycles. The van der Waals surface area contributed by atoms with Crippen LogP contribution in [0.5, 0.6) is 0 Å². The highest BCUT2D eigenvalue weighted by atomic mass is 19.1. The van der Waals surface area contributed by atoms with E-state index in [-0.39, 0.29) is 11.6 Å². The van der Waals surface area contributed by atoms with Crippen molar-refractivity contribution in [1.82, 2.24) is 20.1 Å². The Morgan fingerprint density at radius 1 is 1.00 bits per heavy atom. The van der Waals surface area contributed by atoms with Gasteiger partial charge in [0.05, 0.1) is 12.7 Å². The SMILES string of the molecule is Cc1[c]c(-c2cnn(Cc3cccc(F)c3)c2)cc(-c2cnc(N3CCNCC3)c(F)c2)c1. The van der Waals surface area contributed by atoms with E-state index < -0.39 is 0 Å². The molecule has 5 rings (SSSR count). The highest BCUT2D eigenvalue weighted by Crippen LogP contribution is 2.29. The second kappa shape index (κ2) is 9.11. The van der Waals surface area contributed by atoms with Crippen molar-refractivity contribution >= 4 is 5.82 Å². The predicted molar refractivity (Wildman–Crippen MR) is 125 cm³/mol. The number of anilines is 1. The Labute approximate surface area is 191 Å². The van der Waals surface area contributed by atoms with Gasteiger partial charge >= 0.3 is 0 Å². The number of rotatable bonds is 5. The van der Waals surface area contributed by atoms with E-state index in [2.05, 4.69) is 21.5 Å². The molecular weight excluding hydrogens is 420 g/mol. The van der Waals surface area contributed by atoms with Crippen molar-refractivity contribution in [3.05, 3.63) is 89.9 Å². The normalized spacial score (nSPS) is 14.0. The van der Waals surface area contributed by atoms with E-state index >= 15 is 0 Å². The average molecular weight is 445 g/mol. The summed E-state index contributed by atoms with van der Waals surface area (Å²) in [7, 11) is 0. The summed E-state index contributed by atoms with van der Waals surface area (Å²) in [6, 6.07) is 15.3. The molecule has 5 nitrogen and oxygen atoms in total. The van der Waals surface area contributed by atoms with Crippen molar-refractivity contribution in [1.29, 1.82) is 0 Å². The van der Waals surface area contributed by atoms with E-state index in [9.17, 15) is 8.78 Å². The molecule has 2 aromatic carbocycles. The molecule has 0 bridgehead atoms. The van der Waals surface area contributed by atoms with Gasteiger partial charge in [0.1, 0.15) is 5.82 Å². The van der Waals surface area contributed by atoms with Crippen molar-refractivity contribution in [2.45, 2.75) is 13.5 Å². The van der Waals surface area contributed by atoms with Crippen molar-refractivity contribution in [2.75, 3.05) is 31.1 Å². The van der Waals surface area contributed by atoms with Gasteiger partial charge in [0, 0.05) is 49.7 Å². The number of aromatic nitrogens is 3. The molecule has 0 unspecified atom stereocenters. The molecule has 3 heterocycles. The molecule has 33 heavy (non-hydrogen) atoms. The summed E-state index contributed by atoms with van der Waals surface area (Å²) in [4.78, 5) is 6.40. The monoisotopic (exact) mass is 444 g/mol. The van der Waals surface area contributed by atoms with E-state index in [1.54, 1.807) is 29.2 Å². The van der Waals surface area contributed by atoms with Gasteiger partial charge in [0.15, 0.2) is 11.6 Å². The number of nitrogens with zero attached hydrogens (tertiary/aromatic N) is 4. The third-order valence-corrected chi connectivity index (χ3v) is 5.75. The van der Waals surface area contributed by atoms with Crippen LogP contribution in [0.25, 0.3) is 22.3 Å². The van der Waals surface area contributed by atoms with Crippen LogP contribution in [-0.2, 0) is 6.54 Å². The highest BCUT2D eigenvalue weighted by molar-refractivity contribution is 5.73. The summed E-state index contributed by atoms with van der Waals surface area (Å²) in [5.74, 6) is -0.178. The maximum atomic E-state index is 14.9. The Balaban J connectivity index is 1.41. The zero-order valence-electron chi connectivity index (χ0n) is 18.4. The number of hydrogen-bond donors (Lipinski definition) is 1. The lowest BCUT2D eigenvalue weighted by atomic mass is 9.99. The van der Waals surface area contributed by atoms with Crippen LogP contribution in [0.3, 0.4) is 0 Å². The Morgan fingerprint density at radius 2 is 1.85 bits per heavy atom. The lowest BCUT2D eigenvalue weighted by Gasteiger charge is -2.28. The number of hydrogen-bond acceptors (Lipinski definition) is 4. The molecule has 7 heteroatoms. The Bertz CT molecular complexity index is 1280. The van der Waals surface area contributed by atoms with Gasteiger partial charge in [-0.25, -0.2) is 13.8 Å². The lowest BCUT2D eigenvalue weighted by molar-refractivity contribution is 0.559. The minimum Gasteiger partial charge on any atom is -0.352 e. The maximum absolute atomic E-state index is 14.9. The third kappa shape index (κ3) is 4.78. The summed E-state index contributed by atoms with van der Waals surface area (Å²) in [6.45, 7) is 5.57. The molecule has 1 aliphatic heterocycles. The van der Waals surface area contributed by atoms with Crippen LogP contribution in [0.2, 0.25) is 0 Å². The van der Waals surface area contributed by atoms with Crippen molar-refractivity contribution in [2.24, 2.45) is 0 Å². The van der Waals surface area contributed by atoms with Crippen LogP contribution in [0.1, 0.15) is 11.1 Å². The Morgan fingerprint density at radius 3 is 2.64 bits per heavy atom. The minimum absolute atomic E-state index is 0.264. The van der Waals surface area contributed by atoms with Crippen LogP contribution < -0.4 is 10.2 Å². The molecule has 4 aromatic rings. The first-order valence-corrected chi connectivity index (χ1v) is 11.0. The first-order chi connectivity index (χ1) is 16.0. The van der Waals surface area contributed by atoms with E-state index in [0.29, 0.717) is 12.4 Å². The third-order valence-electron chi connectivity index (χ3n) is 5.75. The molecule has 167 valence electrons. The number of nitrogens with one attached hydrogen (secondary N) is 1. The summed E-state index contributed by atoms with van der Waals surface area (Å²) in [5, 5.41) is 7.69. The fourth-order valence-electron chi connectivity index (χ4n) is 4.15. The number of halogens is 2. The van der Waals surface area contributed by atoms with Crippen LogP contribution in [0, 0.1) is 24.6 Å². The second-order valence-electron chi connectivity index (χ2n) is 8.29. The first-order valence-electron chi connectivity index (χ1n) is 11.0. The number of aryl methyl sites for hydroxylation is 1. The van der Waals surface area contributed by atoms with Crippen molar-refractivity contribution in [3.8, 4) is 22.3 Å². The fourth-order valence-corrected chi connectivity index (χ4v) is 4.15. The number of piperazine rings is 1. The quantitative estimate of drug-likeness (QED) is 0.494. The van der Waals surface area contributed by atoms with Gasteiger partial charge in [-0.2, -0.15) is 5.10 Å². The topological polar surface area (TPSA) is 46.0 Å². The maximum Gasteiger partial charge on any atom is 0.166 e. The molecule has 1 N–H and O–H groups in total.